The fraction of sp³-hybridized carbons (Fsp3) is 0.517. The van der Waals surface area contributed by atoms with Crippen LogP contribution in [0.4, 0.5) is 9.18 Å². The summed E-state index contributed by atoms with van der Waals surface area (Å²) in [5.74, 6) is -4.86. The highest BCUT2D eigenvalue weighted by Gasteiger charge is 2.25. The minimum atomic E-state index is -1.52. The van der Waals surface area contributed by atoms with Gasteiger partial charge in [0, 0.05) is 37.2 Å². The lowest BCUT2D eigenvalue weighted by Gasteiger charge is -2.19. The largest absolute Gasteiger partial charge is 0.481 e. The van der Waals surface area contributed by atoms with E-state index in [1.807, 2.05) is 13.8 Å². The van der Waals surface area contributed by atoms with Crippen LogP contribution in [0.5, 0.6) is 0 Å². The smallest absolute Gasteiger partial charge is 0.326 e. The minimum absolute atomic E-state index is 0.0411. The lowest BCUT2D eigenvalue weighted by Crippen LogP contribution is -2.51. The Hall–Kier alpha value is -5.09. The van der Waals surface area contributed by atoms with Gasteiger partial charge in [-0.15, -0.1) is 5.10 Å². The van der Waals surface area contributed by atoms with Crippen LogP contribution in [0.3, 0.4) is 0 Å². The minimum Gasteiger partial charge on any atom is -0.481 e. The predicted octanol–water partition coefficient (Wildman–Crippen LogP) is 1.62. The first kappa shape index (κ1) is 37.1. The van der Waals surface area contributed by atoms with Gasteiger partial charge in [-0.2, -0.15) is 0 Å². The molecule has 1 heterocycles. The van der Waals surface area contributed by atoms with E-state index in [4.69, 9.17) is 5.11 Å². The van der Waals surface area contributed by atoms with Crippen molar-refractivity contribution in [3.8, 4) is 5.69 Å². The average molecular weight is 650 g/mol. The number of benzene rings is 1. The molecule has 4 amide bonds. The van der Waals surface area contributed by atoms with Crippen LogP contribution >= 0.6 is 0 Å². The van der Waals surface area contributed by atoms with Gasteiger partial charge in [-0.25, -0.2) is 19.1 Å². The number of rotatable bonds is 20. The van der Waals surface area contributed by atoms with E-state index in [-0.39, 0.29) is 49.3 Å². The molecule has 0 spiro atoms. The molecule has 0 bridgehead atoms. The summed E-state index contributed by atoms with van der Waals surface area (Å²) >= 11 is 0. The number of nitrogens with zero attached hydrogens (tertiary/aromatic N) is 4. The number of hydrogen-bond acceptors (Lipinski definition) is 8. The van der Waals surface area contributed by atoms with Gasteiger partial charge in [0.1, 0.15) is 12.1 Å². The predicted molar refractivity (Wildman–Crippen MR) is 160 cm³/mol. The highest BCUT2D eigenvalue weighted by atomic mass is 19.1. The zero-order valence-corrected chi connectivity index (χ0v) is 25.7. The summed E-state index contributed by atoms with van der Waals surface area (Å²) in [4.78, 5) is 73.6. The summed E-state index contributed by atoms with van der Waals surface area (Å²) in [6.45, 7) is 4.21. The van der Waals surface area contributed by atoms with Crippen molar-refractivity contribution in [2.45, 2.75) is 70.9 Å². The lowest BCUT2D eigenvalue weighted by atomic mass is 10.1. The summed E-state index contributed by atoms with van der Waals surface area (Å²) in [6, 6.07) is 0.624. The molecule has 0 aliphatic carbocycles. The molecule has 0 unspecified atom stereocenters. The number of aryl methyl sites for hydroxylation is 1. The maximum atomic E-state index is 13.1. The third kappa shape index (κ3) is 11.8. The van der Waals surface area contributed by atoms with Crippen LogP contribution in [0, 0.1) is 0 Å². The molecule has 0 aliphatic rings. The summed E-state index contributed by atoms with van der Waals surface area (Å²) in [7, 11) is 0. The van der Waals surface area contributed by atoms with Crippen molar-refractivity contribution in [3.05, 3.63) is 41.2 Å². The van der Waals surface area contributed by atoms with Crippen molar-refractivity contribution >= 4 is 35.8 Å². The van der Waals surface area contributed by atoms with Gasteiger partial charge in [-0.1, -0.05) is 5.21 Å². The number of amides is 4. The molecule has 1 aromatic carbocycles. The maximum absolute atomic E-state index is 13.1. The molecule has 0 saturated carbocycles. The number of carbonyl (C=O) groups excluding carboxylic acids is 3. The van der Waals surface area contributed by atoms with Gasteiger partial charge in [0.05, 0.1) is 24.3 Å². The number of aromatic nitrogens is 3. The zero-order valence-electron chi connectivity index (χ0n) is 25.7. The Kier molecular flexibility index (Phi) is 15.0. The first-order valence-electron chi connectivity index (χ1n) is 14.8. The average Bonchev–Trinajstić information content (AvgIpc) is 3.50. The number of aliphatic carboxylic acids is 3. The number of carbonyl (C=O) groups is 6. The van der Waals surface area contributed by atoms with Gasteiger partial charge in [-0.05, 0) is 70.6 Å². The van der Waals surface area contributed by atoms with Crippen molar-refractivity contribution in [3.63, 3.8) is 0 Å². The van der Waals surface area contributed by atoms with E-state index in [1.54, 1.807) is 17.2 Å². The molecule has 0 saturated heterocycles. The second-order valence-corrected chi connectivity index (χ2v) is 10.3. The number of alkyl halides is 1. The van der Waals surface area contributed by atoms with Crippen molar-refractivity contribution in [2.75, 3.05) is 26.3 Å². The van der Waals surface area contributed by atoms with Crippen LogP contribution < -0.4 is 16.0 Å². The van der Waals surface area contributed by atoms with Crippen LogP contribution in [0.15, 0.2) is 24.4 Å². The zero-order chi connectivity index (χ0) is 34.2. The van der Waals surface area contributed by atoms with Gasteiger partial charge in [-0.3, -0.25) is 18.8 Å². The monoisotopic (exact) mass is 649 g/mol. The van der Waals surface area contributed by atoms with E-state index in [9.17, 15) is 43.4 Å². The fourth-order valence-corrected chi connectivity index (χ4v) is 4.40. The Morgan fingerprint density at radius 3 is 2.11 bits per heavy atom. The molecule has 46 heavy (non-hydrogen) atoms. The molecule has 6 N–H and O–H groups in total. The molecular formula is C29H40FN7O9. The Morgan fingerprint density at radius 2 is 1.52 bits per heavy atom. The molecule has 17 heteroatoms. The molecule has 2 atom stereocenters. The first-order valence-corrected chi connectivity index (χ1v) is 14.8. The van der Waals surface area contributed by atoms with E-state index in [0.29, 0.717) is 37.3 Å². The molecular weight excluding hydrogens is 609 g/mol. The summed E-state index contributed by atoms with van der Waals surface area (Å²) in [6.07, 6.45) is 1.90. The maximum Gasteiger partial charge on any atom is 0.326 e. The second-order valence-electron chi connectivity index (χ2n) is 10.3. The molecule has 16 nitrogen and oxygen atoms in total. The van der Waals surface area contributed by atoms with Crippen LogP contribution in [0.2, 0.25) is 0 Å². The summed E-state index contributed by atoms with van der Waals surface area (Å²) < 4.78 is 14.0. The number of nitrogens with one attached hydrogen (secondary N) is 3. The Balaban J connectivity index is 2.04. The SMILES string of the molecule is CCN(CC)C(=O)c1cc(C(=O)NCCCC[C@H](NC(=O)N[C@@H](CCC(=O)O)C(=O)O)C(=O)O)cc(-n2cc(CCCF)nn2)c1. The lowest BCUT2D eigenvalue weighted by molar-refractivity contribution is -0.140. The van der Waals surface area contributed by atoms with Crippen molar-refractivity contribution < 1.29 is 48.5 Å². The van der Waals surface area contributed by atoms with E-state index < -0.39 is 55.0 Å². The molecule has 0 radical (unpaired) electrons. The number of urea groups is 1. The number of unbranched alkanes of at least 4 members (excludes halogenated alkanes) is 1. The molecule has 1 aromatic heterocycles. The van der Waals surface area contributed by atoms with Gasteiger partial charge in [0.25, 0.3) is 11.8 Å². The number of carboxylic acid groups (broad SMARTS) is 3. The summed E-state index contributed by atoms with van der Waals surface area (Å²) in [5, 5.41) is 42.4. The quantitative estimate of drug-likeness (QED) is 0.113. The topological polar surface area (TPSA) is 233 Å². The van der Waals surface area contributed by atoms with Crippen LogP contribution in [0.1, 0.15) is 78.8 Å². The van der Waals surface area contributed by atoms with E-state index in [2.05, 4.69) is 26.3 Å². The third-order valence-corrected chi connectivity index (χ3v) is 6.91. The second kappa shape index (κ2) is 18.7. The van der Waals surface area contributed by atoms with Crippen LogP contribution in [0.25, 0.3) is 5.69 Å². The summed E-state index contributed by atoms with van der Waals surface area (Å²) in [5.41, 5.74) is 1.39. The number of carboxylic acids is 3. The Morgan fingerprint density at radius 1 is 0.891 bits per heavy atom. The highest BCUT2D eigenvalue weighted by molar-refractivity contribution is 6.00. The number of halogens is 1. The standard InChI is InChI=1S/C29H40FN7O9/c1-3-36(4-2)26(41)19-14-18(15-21(16-19)37-17-20(34-35-37)8-7-12-30)25(40)31-13-6-5-9-22(27(42)43)32-29(46)33-23(28(44)45)10-11-24(38)39/h14-17,22-23H,3-13H2,1-2H3,(H,31,40)(H,38,39)(H,42,43)(H,44,45)(H2,32,33,46)/t22-,23-/m0/s1. The van der Waals surface area contributed by atoms with Crippen molar-refractivity contribution in [2.24, 2.45) is 0 Å². The molecule has 0 aliphatic heterocycles. The van der Waals surface area contributed by atoms with E-state index in [0.717, 1.165) is 0 Å². The third-order valence-electron chi connectivity index (χ3n) is 6.91. The fourth-order valence-electron chi connectivity index (χ4n) is 4.40. The normalized spacial score (nSPS) is 12.1. The highest BCUT2D eigenvalue weighted by Crippen LogP contribution is 2.17. The Labute approximate surface area is 264 Å². The van der Waals surface area contributed by atoms with E-state index in [1.165, 1.54) is 16.8 Å². The van der Waals surface area contributed by atoms with Crippen molar-refractivity contribution in [1.29, 1.82) is 0 Å². The van der Waals surface area contributed by atoms with Crippen LogP contribution in [-0.2, 0) is 20.8 Å². The van der Waals surface area contributed by atoms with E-state index >= 15 is 0 Å². The molecule has 2 rings (SSSR count). The van der Waals surface area contributed by atoms with Gasteiger partial charge in [0.2, 0.25) is 0 Å². The molecule has 0 fully saturated rings. The molecule has 252 valence electrons. The van der Waals surface area contributed by atoms with Gasteiger partial charge in [0.15, 0.2) is 0 Å². The number of hydrogen-bond donors (Lipinski definition) is 6. The van der Waals surface area contributed by atoms with Crippen LogP contribution in [-0.4, -0.2) is 109 Å². The van der Waals surface area contributed by atoms with Gasteiger partial charge >= 0.3 is 23.9 Å². The molecule has 2 aromatic rings. The van der Waals surface area contributed by atoms with Gasteiger partial charge < -0.3 is 36.2 Å². The van der Waals surface area contributed by atoms with Crippen molar-refractivity contribution in [1.82, 2.24) is 35.8 Å². The Bertz CT molecular complexity index is 1380. The first-order chi connectivity index (χ1) is 21.9.